The number of rotatable bonds is 9. The molecular weight excluding hydrogens is 242 g/mol. The van der Waals surface area contributed by atoms with E-state index in [1.807, 2.05) is 49.4 Å². The van der Waals surface area contributed by atoms with Crippen molar-refractivity contribution < 1.29 is 14.7 Å². The van der Waals surface area contributed by atoms with Crippen molar-refractivity contribution in [1.29, 1.82) is 0 Å². The molecule has 4 heteroatoms. The van der Waals surface area contributed by atoms with E-state index in [-0.39, 0.29) is 6.10 Å². The molecule has 0 aliphatic carbocycles. The Bertz CT molecular complexity index is 376. The molecule has 4 nitrogen and oxygen atoms in total. The Morgan fingerprint density at radius 3 is 2.74 bits per heavy atom. The molecule has 0 heterocycles. The molecule has 0 bridgehead atoms. The zero-order valence-corrected chi connectivity index (χ0v) is 11.2. The number of ether oxygens (including phenoxy) is 2. The van der Waals surface area contributed by atoms with Crippen LogP contribution in [0.5, 0.6) is 0 Å². The van der Waals surface area contributed by atoms with Crippen LogP contribution in [-0.4, -0.2) is 30.7 Å². The minimum absolute atomic E-state index is 0.100. The molecule has 1 atom stereocenters. The van der Waals surface area contributed by atoms with E-state index in [4.69, 9.17) is 14.7 Å². The summed E-state index contributed by atoms with van der Waals surface area (Å²) in [7, 11) is 0. The minimum atomic E-state index is 0.100. The van der Waals surface area contributed by atoms with E-state index in [1.54, 1.807) is 0 Å². The van der Waals surface area contributed by atoms with E-state index >= 15 is 0 Å². The molecule has 1 rings (SSSR count). The third-order valence-electron chi connectivity index (χ3n) is 2.50. The molecule has 0 amide bonds. The van der Waals surface area contributed by atoms with Gasteiger partial charge in [0.05, 0.1) is 32.1 Å². The third-order valence-corrected chi connectivity index (χ3v) is 2.50. The third kappa shape index (κ3) is 8.13. The van der Waals surface area contributed by atoms with Gasteiger partial charge in [-0.15, -0.1) is 0 Å². The summed E-state index contributed by atoms with van der Waals surface area (Å²) in [5, 5.41) is 11.1. The minimum Gasteiger partial charge on any atom is -0.411 e. The van der Waals surface area contributed by atoms with E-state index in [0.29, 0.717) is 19.8 Å². The molecule has 1 unspecified atom stereocenters. The molecule has 0 aliphatic rings. The first-order chi connectivity index (χ1) is 9.33. The van der Waals surface area contributed by atoms with Gasteiger partial charge in [0, 0.05) is 0 Å². The van der Waals surface area contributed by atoms with E-state index in [9.17, 15) is 0 Å². The van der Waals surface area contributed by atoms with Crippen LogP contribution in [0.3, 0.4) is 0 Å². The molecule has 0 radical (unpaired) electrons. The lowest BCUT2D eigenvalue weighted by Crippen LogP contribution is -2.08. The van der Waals surface area contributed by atoms with Gasteiger partial charge in [0.15, 0.2) is 0 Å². The van der Waals surface area contributed by atoms with Crippen LogP contribution < -0.4 is 0 Å². The number of hydrogen-bond acceptors (Lipinski definition) is 4. The Kier molecular flexibility index (Phi) is 8.34. The molecule has 19 heavy (non-hydrogen) atoms. The fourth-order valence-corrected chi connectivity index (χ4v) is 1.48. The van der Waals surface area contributed by atoms with Crippen LogP contribution in [0.1, 0.15) is 18.9 Å². The first-order valence-corrected chi connectivity index (χ1v) is 6.37. The molecule has 1 aromatic carbocycles. The molecule has 0 fully saturated rings. The van der Waals surface area contributed by atoms with Crippen molar-refractivity contribution in [2.24, 2.45) is 5.16 Å². The van der Waals surface area contributed by atoms with Gasteiger partial charge in [-0.25, -0.2) is 0 Å². The van der Waals surface area contributed by atoms with E-state index in [0.717, 1.165) is 6.42 Å². The predicted molar refractivity (Wildman–Crippen MR) is 75.5 cm³/mol. The lowest BCUT2D eigenvalue weighted by molar-refractivity contribution is 0.0986. The van der Waals surface area contributed by atoms with Crippen molar-refractivity contribution in [3.05, 3.63) is 48.0 Å². The van der Waals surface area contributed by atoms with Gasteiger partial charge >= 0.3 is 0 Å². The highest BCUT2D eigenvalue weighted by atomic mass is 16.5. The van der Waals surface area contributed by atoms with Gasteiger partial charge in [0.2, 0.25) is 0 Å². The standard InChI is InChI=1S/C15H21NO3/c1-14(19-12-10-16-17)7-5-6-11-18-13-15-8-3-2-4-9-15/h2-6,8-10,14,17H,7,11-13H2,1H3. The van der Waals surface area contributed by atoms with Crippen LogP contribution in [0, 0.1) is 0 Å². The predicted octanol–water partition coefficient (Wildman–Crippen LogP) is 3.01. The van der Waals surface area contributed by atoms with E-state index < -0.39 is 0 Å². The second-order valence-corrected chi connectivity index (χ2v) is 4.15. The summed E-state index contributed by atoms with van der Waals surface area (Å²) in [5.74, 6) is 0. The average molecular weight is 263 g/mol. The van der Waals surface area contributed by atoms with Crippen molar-refractivity contribution in [3.63, 3.8) is 0 Å². The van der Waals surface area contributed by atoms with Crippen LogP contribution in [0.25, 0.3) is 0 Å². The summed E-state index contributed by atoms with van der Waals surface area (Å²) in [6.07, 6.45) is 6.26. The maximum Gasteiger partial charge on any atom is 0.0855 e. The first-order valence-electron chi connectivity index (χ1n) is 6.37. The Labute approximate surface area is 114 Å². The molecule has 1 N–H and O–H groups in total. The molecule has 0 spiro atoms. The van der Waals surface area contributed by atoms with Crippen molar-refractivity contribution in [3.8, 4) is 0 Å². The number of benzene rings is 1. The van der Waals surface area contributed by atoms with Gasteiger partial charge in [-0.3, -0.25) is 0 Å². The zero-order valence-electron chi connectivity index (χ0n) is 11.2. The summed E-state index contributed by atoms with van der Waals surface area (Å²) in [4.78, 5) is 0. The largest absolute Gasteiger partial charge is 0.411 e. The summed E-state index contributed by atoms with van der Waals surface area (Å²) < 4.78 is 10.9. The van der Waals surface area contributed by atoms with Crippen molar-refractivity contribution in [2.45, 2.75) is 26.1 Å². The summed E-state index contributed by atoms with van der Waals surface area (Å²) in [6.45, 7) is 3.53. The maximum absolute atomic E-state index is 8.21. The van der Waals surface area contributed by atoms with Gasteiger partial charge < -0.3 is 14.7 Å². The average Bonchev–Trinajstić information content (AvgIpc) is 2.44. The Hall–Kier alpha value is -1.65. The lowest BCUT2D eigenvalue weighted by Gasteiger charge is -2.07. The van der Waals surface area contributed by atoms with Crippen LogP contribution in [0.2, 0.25) is 0 Å². The fourth-order valence-electron chi connectivity index (χ4n) is 1.48. The quantitative estimate of drug-likeness (QED) is 0.245. The Balaban J connectivity index is 2.04. The number of hydrogen-bond donors (Lipinski definition) is 1. The molecular formula is C15H21NO3. The zero-order chi connectivity index (χ0) is 13.8. The van der Waals surface area contributed by atoms with Crippen LogP contribution in [0.15, 0.2) is 47.6 Å². The topological polar surface area (TPSA) is 51.0 Å². The van der Waals surface area contributed by atoms with Gasteiger partial charge in [-0.1, -0.05) is 47.6 Å². The Morgan fingerprint density at radius 1 is 1.21 bits per heavy atom. The molecule has 0 aromatic heterocycles. The SMILES string of the molecule is CC(CC=CCOCc1ccccc1)OCC=NO. The Morgan fingerprint density at radius 2 is 2.00 bits per heavy atom. The number of nitrogens with zero attached hydrogens (tertiary/aromatic N) is 1. The second-order valence-electron chi connectivity index (χ2n) is 4.15. The van der Waals surface area contributed by atoms with Crippen LogP contribution in [-0.2, 0) is 16.1 Å². The summed E-state index contributed by atoms with van der Waals surface area (Å²) in [5.41, 5.74) is 1.18. The monoisotopic (exact) mass is 263 g/mol. The van der Waals surface area contributed by atoms with Crippen LogP contribution >= 0.6 is 0 Å². The molecule has 0 aliphatic heterocycles. The van der Waals surface area contributed by atoms with Gasteiger partial charge in [0.25, 0.3) is 0 Å². The summed E-state index contributed by atoms with van der Waals surface area (Å²) in [6, 6.07) is 10.1. The summed E-state index contributed by atoms with van der Waals surface area (Å²) >= 11 is 0. The normalized spacial score (nSPS) is 13.3. The number of oxime groups is 1. The molecule has 104 valence electrons. The first kappa shape index (κ1) is 15.4. The van der Waals surface area contributed by atoms with Crippen molar-refractivity contribution in [1.82, 2.24) is 0 Å². The highest BCUT2D eigenvalue weighted by Crippen LogP contribution is 2.01. The molecule has 1 aromatic rings. The van der Waals surface area contributed by atoms with Crippen LogP contribution in [0.4, 0.5) is 0 Å². The second kappa shape index (κ2) is 10.3. The van der Waals surface area contributed by atoms with Gasteiger partial charge in [-0.05, 0) is 18.9 Å². The van der Waals surface area contributed by atoms with E-state index in [1.165, 1.54) is 11.8 Å². The fraction of sp³-hybridized carbons (Fsp3) is 0.400. The van der Waals surface area contributed by atoms with Crippen molar-refractivity contribution in [2.75, 3.05) is 13.2 Å². The lowest BCUT2D eigenvalue weighted by atomic mass is 10.2. The maximum atomic E-state index is 8.21. The van der Waals surface area contributed by atoms with E-state index in [2.05, 4.69) is 5.16 Å². The highest BCUT2D eigenvalue weighted by Gasteiger charge is 1.97. The van der Waals surface area contributed by atoms with Gasteiger partial charge in [-0.2, -0.15) is 0 Å². The van der Waals surface area contributed by atoms with Crippen molar-refractivity contribution >= 4 is 6.21 Å². The van der Waals surface area contributed by atoms with Gasteiger partial charge in [0.1, 0.15) is 0 Å². The molecule has 0 saturated heterocycles. The smallest absolute Gasteiger partial charge is 0.0855 e. The molecule has 0 saturated carbocycles. The highest BCUT2D eigenvalue weighted by molar-refractivity contribution is 5.57.